The van der Waals surface area contributed by atoms with Crippen molar-refractivity contribution in [1.29, 1.82) is 0 Å². The zero-order valence-corrected chi connectivity index (χ0v) is 18.1. The number of quaternary nitrogens is 1. The topological polar surface area (TPSA) is 17.1 Å². The highest BCUT2D eigenvalue weighted by molar-refractivity contribution is 5.68. The molecule has 2 nitrogen and oxygen atoms in total. The number of hydrogen-bond acceptors (Lipinski definition) is 1. The molecule has 0 bridgehead atoms. The molecule has 0 aromatic rings. The molecule has 0 aliphatic heterocycles. The van der Waals surface area contributed by atoms with Gasteiger partial charge < -0.3 is 0 Å². The molecule has 1 amide bonds. The molecule has 0 rings (SSSR count). The molecule has 0 aromatic carbocycles. The van der Waals surface area contributed by atoms with Gasteiger partial charge in [-0.25, -0.2) is 4.79 Å². The molecule has 0 aliphatic rings. The second-order valence-corrected chi connectivity index (χ2v) is 8.50. The van der Waals surface area contributed by atoms with Crippen molar-refractivity contribution in [2.75, 3.05) is 20.6 Å². The monoisotopic (exact) mass is 354 g/mol. The first-order valence-corrected chi connectivity index (χ1v) is 11.4. The largest absolute Gasteiger partial charge is 0.313 e. The molecule has 150 valence electrons. The van der Waals surface area contributed by atoms with E-state index < -0.39 is 0 Å². The first-order valence-electron chi connectivity index (χ1n) is 11.4. The van der Waals surface area contributed by atoms with E-state index in [0.717, 1.165) is 25.8 Å². The summed E-state index contributed by atoms with van der Waals surface area (Å²) in [5.41, 5.74) is 0. The zero-order valence-electron chi connectivity index (χ0n) is 18.1. The van der Waals surface area contributed by atoms with Gasteiger partial charge in [-0.3, -0.25) is 4.48 Å². The van der Waals surface area contributed by atoms with Crippen LogP contribution in [0.5, 0.6) is 0 Å². The Labute approximate surface area is 159 Å². The lowest BCUT2D eigenvalue weighted by atomic mass is 10.0. The van der Waals surface area contributed by atoms with E-state index in [1.807, 2.05) is 0 Å². The van der Waals surface area contributed by atoms with Crippen LogP contribution in [-0.4, -0.2) is 31.0 Å². The minimum Gasteiger partial charge on any atom is -0.265 e. The van der Waals surface area contributed by atoms with Crippen molar-refractivity contribution in [3.63, 3.8) is 0 Å². The van der Waals surface area contributed by atoms with Crippen molar-refractivity contribution in [3.8, 4) is 0 Å². The van der Waals surface area contributed by atoms with Crippen molar-refractivity contribution in [2.24, 2.45) is 0 Å². The number of carbonyl (C=O) groups is 1. The van der Waals surface area contributed by atoms with Crippen LogP contribution < -0.4 is 0 Å². The minimum atomic E-state index is 0.413. The Morgan fingerprint density at radius 1 is 0.560 bits per heavy atom. The standard InChI is InChI=1S/C23H48NO/c1-5-7-8-9-10-11-12-13-14-15-16-17-18-19-20-21-23(25)24(3,4)22-6-2/h5-22H2,1-4H3/q+1. The molecule has 0 saturated carbocycles. The smallest absolute Gasteiger partial charge is 0.265 e. The average molecular weight is 355 g/mol. The summed E-state index contributed by atoms with van der Waals surface area (Å²) in [6.07, 6.45) is 22.5. The highest BCUT2D eigenvalue weighted by Crippen LogP contribution is 2.14. The number of hydrogen-bond donors (Lipinski definition) is 0. The van der Waals surface area contributed by atoms with Crippen LogP contribution in [0.15, 0.2) is 0 Å². The number of rotatable bonds is 18. The summed E-state index contributed by atoms with van der Waals surface area (Å²) in [6.45, 7) is 5.41. The van der Waals surface area contributed by atoms with Crippen LogP contribution >= 0.6 is 0 Å². The van der Waals surface area contributed by atoms with E-state index in [2.05, 4.69) is 27.9 Å². The maximum absolute atomic E-state index is 12.2. The fraction of sp³-hybridized carbons (Fsp3) is 0.957. The molecular formula is C23H48NO+. The van der Waals surface area contributed by atoms with E-state index in [9.17, 15) is 4.79 Å². The van der Waals surface area contributed by atoms with Gasteiger partial charge in [0, 0.05) is 0 Å². The fourth-order valence-electron chi connectivity index (χ4n) is 3.63. The van der Waals surface area contributed by atoms with Crippen LogP contribution in [0, 0.1) is 0 Å². The van der Waals surface area contributed by atoms with Crippen molar-refractivity contribution in [2.45, 2.75) is 123 Å². The highest BCUT2D eigenvalue weighted by Gasteiger charge is 2.23. The summed E-state index contributed by atoms with van der Waals surface area (Å²) in [4.78, 5) is 12.2. The summed E-state index contributed by atoms with van der Waals surface area (Å²) < 4.78 is 0.565. The maximum atomic E-state index is 12.2. The van der Waals surface area contributed by atoms with Crippen LogP contribution in [0.3, 0.4) is 0 Å². The van der Waals surface area contributed by atoms with Crippen molar-refractivity contribution in [3.05, 3.63) is 0 Å². The molecular weight excluding hydrogens is 306 g/mol. The Bertz CT molecular complexity index is 298. The van der Waals surface area contributed by atoms with Gasteiger partial charge in [-0.15, -0.1) is 0 Å². The third-order valence-corrected chi connectivity index (χ3v) is 5.45. The first-order chi connectivity index (χ1) is 12.0. The van der Waals surface area contributed by atoms with Gasteiger partial charge in [0.2, 0.25) is 0 Å². The third-order valence-electron chi connectivity index (χ3n) is 5.45. The summed E-state index contributed by atoms with van der Waals surface area (Å²) in [5, 5.41) is 0. The van der Waals surface area contributed by atoms with E-state index in [0.29, 0.717) is 10.4 Å². The Balaban J connectivity index is 3.25. The zero-order chi connectivity index (χ0) is 18.8. The lowest BCUT2D eigenvalue weighted by molar-refractivity contribution is -0.814. The van der Waals surface area contributed by atoms with Crippen LogP contribution in [0.1, 0.15) is 123 Å². The molecule has 0 fully saturated rings. The van der Waals surface area contributed by atoms with Crippen molar-refractivity contribution in [1.82, 2.24) is 0 Å². The molecule has 25 heavy (non-hydrogen) atoms. The van der Waals surface area contributed by atoms with E-state index in [1.54, 1.807) is 0 Å². The molecule has 0 N–H and O–H groups in total. The number of carbonyl (C=O) groups excluding carboxylic acids is 1. The Hall–Kier alpha value is -0.370. The molecule has 0 saturated heterocycles. The third kappa shape index (κ3) is 15.6. The Kier molecular flexibility index (Phi) is 16.8. The van der Waals surface area contributed by atoms with E-state index in [4.69, 9.17) is 0 Å². The average Bonchev–Trinajstić information content (AvgIpc) is 2.58. The van der Waals surface area contributed by atoms with Crippen LogP contribution in [0.25, 0.3) is 0 Å². The fourth-order valence-corrected chi connectivity index (χ4v) is 3.63. The van der Waals surface area contributed by atoms with E-state index >= 15 is 0 Å². The van der Waals surface area contributed by atoms with Gasteiger partial charge in [-0.2, -0.15) is 0 Å². The SMILES string of the molecule is CCCCCCCCCCCCCCCCCC(=O)[N+](C)(C)CCC. The summed E-state index contributed by atoms with van der Waals surface area (Å²) in [6, 6.07) is 0. The molecule has 0 heterocycles. The number of nitrogens with zero attached hydrogens (tertiary/aromatic N) is 1. The maximum Gasteiger partial charge on any atom is 0.313 e. The van der Waals surface area contributed by atoms with Gasteiger partial charge in [0.25, 0.3) is 0 Å². The Morgan fingerprint density at radius 2 is 0.920 bits per heavy atom. The second-order valence-electron chi connectivity index (χ2n) is 8.50. The number of amides is 1. The van der Waals surface area contributed by atoms with Gasteiger partial charge in [-0.1, -0.05) is 104 Å². The lowest BCUT2D eigenvalue weighted by Crippen LogP contribution is -2.45. The second kappa shape index (κ2) is 17.1. The summed E-state index contributed by atoms with van der Waals surface area (Å²) in [5.74, 6) is 0.413. The summed E-state index contributed by atoms with van der Waals surface area (Å²) >= 11 is 0. The normalized spacial score (nSPS) is 11.8. The highest BCUT2D eigenvalue weighted by atomic mass is 16.2. The molecule has 2 heteroatoms. The van der Waals surface area contributed by atoms with Gasteiger partial charge >= 0.3 is 5.91 Å². The van der Waals surface area contributed by atoms with Crippen LogP contribution in [0.4, 0.5) is 0 Å². The van der Waals surface area contributed by atoms with Crippen molar-refractivity contribution >= 4 is 5.91 Å². The molecule has 0 unspecified atom stereocenters. The van der Waals surface area contributed by atoms with E-state index in [-0.39, 0.29) is 0 Å². The Morgan fingerprint density at radius 3 is 1.28 bits per heavy atom. The first kappa shape index (κ1) is 24.6. The van der Waals surface area contributed by atoms with Gasteiger partial charge in [-0.05, 0) is 12.8 Å². The molecule has 0 aliphatic carbocycles. The van der Waals surface area contributed by atoms with Gasteiger partial charge in [0.1, 0.15) is 0 Å². The van der Waals surface area contributed by atoms with Crippen molar-refractivity contribution < 1.29 is 9.28 Å². The summed E-state index contributed by atoms with van der Waals surface area (Å²) in [7, 11) is 4.11. The van der Waals surface area contributed by atoms with Crippen LogP contribution in [0.2, 0.25) is 0 Å². The molecule has 0 atom stereocenters. The van der Waals surface area contributed by atoms with Gasteiger partial charge in [0.05, 0.1) is 27.1 Å². The minimum absolute atomic E-state index is 0.413. The predicted octanol–water partition coefficient (Wildman–Crippen LogP) is 7.26. The number of unbranched alkanes of at least 4 members (excludes halogenated alkanes) is 14. The van der Waals surface area contributed by atoms with Crippen LogP contribution in [-0.2, 0) is 4.79 Å². The predicted molar refractivity (Wildman–Crippen MR) is 112 cm³/mol. The lowest BCUT2D eigenvalue weighted by Gasteiger charge is -2.26. The molecule has 0 aromatic heterocycles. The molecule has 0 radical (unpaired) electrons. The van der Waals surface area contributed by atoms with Gasteiger partial charge in [0.15, 0.2) is 0 Å². The molecule has 0 spiro atoms. The quantitative estimate of drug-likeness (QED) is 0.187. The van der Waals surface area contributed by atoms with E-state index in [1.165, 1.54) is 89.9 Å².